The second-order valence-electron chi connectivity index (χ2n) is 11.3. The van der Waals surface area contributed by atoms with Gasteiger partial charge in [-0.3, -0.25) is 9.78 Å². The second-order valence-corrected chi connectivity index (χ2v) is 11.3. The number of nitrogens with one attached hydrogen (secondary N) is 3. The number of carbonyl (C=O) groups excluding carboxylic acids is 2. The standard InChI is InChI=1S/C32H40N4O6/c1-32(2,3)28(36-31(41)42-4)29(38)34-24(18-22-13-15-23(16-14-22)25-12-8-9-17-33-25)20-27(37)26(35-30(39)40)19-21-10-6-5-7-11-21/h5-17,24,26-28,35,37H,18-20H2,1-4H3,(H,34,38)(H,36,41)(H,39,40)/t24-,26+,27+,28-/m1/s1. The predicted molar refractivity (Wildman–Crippen MR) is 160 cm³/mol. The minimum Gasteiger partial charge on any atom is -0.465 e. The number of aliphatic hydroxyl groups is 1. The number of nitrogens with zero attached hydrogens (tertiary/aromatic N) is 1. The van der Waals surface area contributed by atoms with Crippen LogP contribution in [0.4, 0.5) is 9.59 Å². The van der Waals surface area contributed by atoms with Crippen LogP contribution in [0, 0.1) is 5.41 Å². The lowest BCUT2D eigenvalue weighted by molar-refractivity contribution is -0.126. The van der Waals surface area contributed by atoms with E-state index in [-0.39, 0.29) is 12.8 Å². The van der Waals surface area contributed by atoms with Gasteiger partial charge in [0.1, 0.15) is 6.04 Å². The van der Waals surface area contributed by atoms with E-state index in [9.17, 15) is 24.6 Å². The highest BCUT2D eigenvalue weighted by atomic mass is 16.5. The van der Waals surface area contributed by atoms with Crippen molar-refractivity contribution in [2.75, 3.05) is 7.11 Å². The van der Waals surface area contributed by atoms with E-state index >= 15 is 0 Å². The first-order chi connectivity index (χ1) is 20.0. The molecule has 3 rings (SSSR count). The largest absolute Gasteiger partial charge is 0.465 e. The Balaban J connectivity index is 1.85. The maximum Gasteiger partial charge on any atom is 0.407 e. The molecule has 1 heterocycles. The van der Waals surface area contributed by atoms with Crippen LogP contribution in [0.1, 0.15) is 38.3 Å². The first-order valence-electron chi connectivity index (χ1n) is 13.8. The predicted octanol–water partition coefficient (Wildman–Crippen LogP) is 4.18. The van der Waals surface area contributed by atoms with Crippen molar-refractivity contribution >= 4 is 18.1 Å². The number of hydrogen-bond acceptors (Lipinski definition) is 6. The number of carbonyl (C=O) groups is 3. The topological polar surface area (TPSA) is 150 Å². The van der Waals surface area contributed by atoms with Crippen LogP contribution in [0.15, 0.2) is 79.0 Å². The highest BCUT2D eigenvalue weighted by molar-refractivity contribution is 5.86. The maximum absolute atomic E-state index is 13.5. The van der Waals surface area contributed by atoms with Crippen molar-refractivity contribution in [3.63, 3.8) is 0 Å². The highest BCUT2D eigenvalue weighted by Crippen LogP contribution is 2.22. The summed E-state index contributed by atoms with van der Waals surface area (Å²) in [6.07, 6.45) is -0.715. The second kappa shape index (κ2) is 15.0. The maximum atomic E-state index is 13.5. The van der Waals surface area contributed by atoms with Gasteiger partial charge in [0.25, 0.3) is 0 Å². The van der Waals surface area contributed by atoms with Gasteiger partial charge in [-0.1, -0.05) is 81.4 Å². The number of benzene rings is 2. The monoisotopic (exact) mass is 576 g/mol. The van der Waals surface area contributed by atoms with E-state index in [4.69, 9.17) is 4.74 Å². The van der Waals surface area contributed by atoms with E-state index in [1.807, 2.05) is 93.6 Å². The van der Waals surface area contributed by atoms with E-state index in [0.29, 0.717) is 6.42 Å². The van der Waals surface area contributed by atoms with Crippen molar-refractivity contribution < 1.29 is 29.3 Å². The lowest BCUT2D eigenvalue weighted by Gasteiger charge is -2.33. The molecular weight excluding hydrogens is 536 g/mol. The molecule has 2 aromatic carbocycles. The molecule has 10 nitrogen and oxygen atoms in total. The number of amides is 3. The van der Waals surface area contributed by atoms with Crippen LogP contribution < -0.4 is 16.0 Å². The molecule has 0 unspecified atom stereocenters. The van der Waals surface area contributed by atoms with E-state index < -0.39 is 47.7 Å². The van der Waals surface area contributed by atoms with Crippen molar-refractivity contribution in [2.45, 2.75) is 64.3 Å². The summed E-state index contributed by atoms with van der Waals surface area (Å²) in [6.45, 7) is 5.46. The van der Waals surface area contributed by atoms with Gasteiger partial charge in [-0.25, -0.2) is 9.59 Å². The van der Waals surface area contributed by atoms with E-state index in [2.05, 4.69) is 20.9 Å². The number of hydrogen-bond donors (Lipinski definition) is 5. The Morgan fingerprint density at radius 1 is 0.857 bits per heavy atom. The summed E-state index contributed by atoms with van der Waals surface area (Å²) in [7, 11) is 1.23. The molecule has 0 fully saturated rings. The fourth-order valence-corrected chi connectivity index (χ4v) is 4.73. The zero-order chi connectivity index (χ0) is 30.7. The third-order valence-corrected chi connectivity index (χ3v) is 6.92. The summed E-state index contributed by atoms with van der Waals surface area (Å²) in [5.74, 6) is -0.444. The third kappa shape index (κ3) is 9.88. The highest BCUT2D eigenvalue weighted by Gasteiger charge is 2.35. The molecule has 3 aromatic rings. The summed E-state index contributed by atoms with van der Waals surface area (Å²) in [6, 6.07) is 20.3. The van der Waals surface area contributed by atoms with Gasteiger partial charge in [-0.15, -0.1) is 0 Å². The van der Waals surface area contributed by atoms with Crippen LogP contribution in [0.3, 0.4) is 0 Å². The van der Waals surface area contributed by atoms with Gasteiger partial charge >= 0.3 is 12.2 Å². The molecule has 1 aromatic heterocycles. The Labute approximate surface area is 246 Å². The molecule has 0 aliphatic rings. The van der Waals surface area contributed by atoms with Crippen LogP contribution in [0.2, 0.25) is 0 Å². The number of methoxy groups -OCH3 is 1. The Bertz CT molecular complexity index is 1300. The molecule has 10 heteroatoms. The number of alkyl carbamates (subject to hydrolysis) is 1. The van der Waals surface area contributed by atoms with Crippen molar-refractivity contribution in [3.05, 3.63) is 90.1 Å². The molecule has 0 saturated carbocycles. The number of pyridine rings is 1. The smallest absolute Gasteiger partial charge is 0.407 e. The molecule has 224 valence electrons. The zero-order valence-corrected chi connectivity index (χ0v) is 24.4. The summed E-state index contributed by atoms with van der Waals surface area (Å²) in [5.41, 5.74) is 2.87. The summed E-state index contributed by atoms with van der Waals surface area (Å²) >= 11 is 0. The zero-order valence-electron chi connectivity index (χ0n) is 24.4. The van der Waals surface area contributed by atoms with Crippen LogP contribution in [-0.2, 0) is 22.4 Å². The van der Waals surface area contributed by atoms with Crippen LogP contribution in [0.25, 0.3) is 11.3 Å². The molecule has 4 atom stereocenters. The van der Waals surface area contributed by atoms with Crippen LogP contribution in [0.5, 0.6) is 0 Å². The molecule has 0 spiro atoms. The fraction of sp³-hybridized carbons (Fsp3) is 0.375. The van der Waals surface area contributed by atoms with E-state index in [1.54, 1.807) is 6.20 Å². The number of ether oxygens (including phenoxy) is 1. The normalized spacial score (nSPS) is 14.1. The number of rotatable bonds is 12. The first-order valence-corrected chi connectivity index (χ1v) is 13.8. The van der Waals surface area contributed by atoms with Crippen molar-refractivity contribution in [1.82, 2.24) is 20.9 Å². The van der Waals surface area contributed by atoms with Gasteiger partial charge in [0, 0.05) is 17.8 Å². The van der Waals surface area contributed by atoms with Gasteiger partial charge < -0.3 is 30.9 Å². The van der Waals surface area contributed by atoms with Crippen LogP contribution >= 0.6 is 0 Å². The molecule has 42 heavy (non-hydrogen) atoms. The SMILES string of the molecule is COC(=O)N[C@H](C(=O)N[C@H](Cc1ccc(-c2ccccn2)cc1)C[C@H](O)[C@H](Cc1ccccc1)NC(=O)O)C(C)(C)C. The molecule has 0 aliphatic carbocycles. The molecule has 0 bridgehead atoms. The van der Waals surface area contributed by atoms with Gasteiger partial charge in [0.2, 0.25) is 5.91 Å². The van der Waals surface area contributed by atoms with Crippen molar-refractivity contribution in [2.24, 2.45) is 5.41 Å². The Morgan fingerprint density at radius 3 is 2.07 bits per heavy atom. The number of carboxylic acid groups (broad SMARTS) is 1. The molecule has 0 saturated heterocycles. The molecule has 5 N–H and O–H groups in total. The van der Waals surface area contributed by atoms with E-state index in [1.165, 1.54) is 7.11 Å². The molecule has 0 aliphatic heterocycles. The number of aliphatic hydroxyl groups excluding tert-OH is 1. The number of aromatic nitrogens is 1. The third-order valence-electron chi connectivity index (χ3n) is 6.92. The van der Waals surface area contributed by atoms with Gasteiger partial charge in [-0.05, 0) is 47.9 Å². The minimum absolute atomic E-state index is 0.0562. The lowest BCUT2D eigenvalue weighted by atomic mass is 9.85. The van der Waals surface area contributed by atoms with Crippen molar-refractivity contribution in [1.29, 1.82) is 0 Å². The molecule has 3 amide bonds. The quantitative estimate of drug-likeness (QED) is 0.217. The Kier molecular flexibility index (Phi) is 11.4. The van der Waals surface area contributed by atoms with E-state index in [0.717, 1.165) is 22.4 Å². The molecular formula is C32H40N4O6. The Hall–Kier alpha value is -4.44. The first kappa shape index (κ1) is 32.1. The van der Waals surface area contributed by atoms with Gasteiger partial charge in [0.05, 0.1) is 24.9 Å². The lowest BCUT2D eigenvalue weighted by Crippen LogP contribution is -2.56. The van der Waals surface area contributed by atoms with Gasteiger partial charge in [0.15, 0.2) is 0 Å². The summed E-state index contributed by atoms with van der Waals surface area (Å²) < 4.78 is 4.72. The summed E-state index contributed by atoms with van der Waals surface area (Å²) in [5, 5.41) is 28.8. The minimum atomic E-state index is -1.25. The molecule has 0 radical (unpaired) electrons. The average Bonchev–Trinajstić information content (AvgIpc) is 2.95. The Morgan fingerprint density at radius 2 is 1.50 bits per heavy atom. The average molecular weight is 577 g/mol. The summed E-state index contributed by atoms with van der Waals surface area (Å²) in [4.78, 5) is 41.5. The fourth-order valence-electron chi connectivity index (χ4n) is 4.73. The van der Waals surface area contributed by atoms with Gasteiger partial charge in [-0.2, -0.15) is 0 Å². The van der Waals surface area contributed by atoms with Crippen LogP contribution in [-0.4, -0.2) is 64.6 Å². The van der Waals surface area contributed by atoms with Crippen molar-refractivity contribution in [3.8, 4) is 11.3 Å².